The van der Waals surface area contributed by atoms with Crippen LogP contribution < -0.4 is 10.9 Å². The quantitative estimate of drug-likeness (QED) is 0.574. The van der Waals surface area contributed by atoms with E-state index in [0.717, 1.165) is 35.4 Å². The topological polar surface area (TPSA) is 41.1 Å². The van der Waals surface area contributed by atoms with Gasteiger partial charge in [0.1, 0.15) is 0 Å². The first-order valence-corrected chi connectivity index (χ1v) is 10.6. The highest BCUT2D eigenvalue weighted by Crippen LogP contribution is 2.29. The van der Waals surface area contributed by atoms with Crippen molar-refractivity contribution in [3.05, 3.63) is 98.9 Å². The van der Waals surface area contributed by atoms with Crippen LogP contribution in [0.1, 0.15) is 44.1 Å². The predicted octanol–water partition coefficient (Wildman–Crippen LogP) is 5.15. The van der Waals surface area contributed by atoms with E-state index in [1.807, 2.05) is 36.4 Å². The Hall–Kier alpha value is -2.85. The van der Waals surface area contributed by atoms with E-state index in [9.17, 15) is 4.79 Å². The summed E-state index contributed by atoms with van der Waals surface area (Å²) in [5.41, 5.74) is 10.7. The summed E-state index contributed by atoms with van der Waals surface area (Å²) in [4.78, 5) is 14.8. The second kappa shape index (κ2) is 8.89. The van der Waals surface area contributed by atoms with Crippen molar-refractivity contribution in [1.29, 1.82) is 0 Å². The maximum atomic E-state index is 12.7. The molecule has 0 saturated heterocycles. The molecular weight excluding hydrogens is 364 g/mol. The minimum Gasteiger partial charge on any atom is -0.302 e. The van der Waals surface area contributed by atoms with Crippen molar-refractivity contribution in [1.82, 2.24) is 10.9 Å². The second-order valence-electron chi connectivity index (χ2n) is 7.09. The molecule has 0 bridgehead atoms. The first-order chi connectivity index (χ1) is 13.8. The predicted molar refractivity (Wildman–Crippen MR) is 116 cm³/mol. The molecule has 2 aromatic carbocycles. The Labute approximate surface area is 170 Å². The largest absolute Gasteiger partial charge is 0.302 e. The normalized spacial score (nSPS) is 13.6. The monoisotopic (exact) mass is 388 g/mol. The van der Waals surface area contributed by atoms with E-state index in [2.05, 4.69) is 47.3 Å². The van der Waals surface area contributed by atoms with Crippen LogP contribution in [0.3, 0.4) is 0 Å². The molecule has 28 heavy (non-hydrogen) atoms. The van der Waals surface area contributed by atoms with Gasteiger partial charge in [-0.2, -0.15) is 0 Å². The lowest BCUT2D eigenvalue weighted by atomic mass is 9.99. The van der Waals surface area contributed by atoms with Gasteiger partial charge in [0.05, 0.1) is 4.88 Å². The third-order valence-corrected chi connectivity index (χ3v) is 6.17. The number of carbonyl (C=O) groups excluding carboxylic acids is 1. The van der Waals surface area contributed by atoms with Crippen LogP contribution in [0.2, 0.25) is 0 Å². The van der Waals surface area contributed by atoms with Crippen molar-refractivity contribution in [3.63, 3.8) is 0 Å². The summed E-state index contributed by atoms with van der Waals surface area (Å²) in [6.45, 7) is 0. The van der Waals surface area contributed by atoms with E-state index in [0.29, 0.717) is 0 Å². The molecular formula is C24H24N2OS. The molecule has 0 aliphatic heterocycles. The van der Waals surface area contributed by atoms with Crippen molar-refractivity contribution < 1.29 is 4.79 Å². The van der Waals surface area contributed by atoms with Crippen LogP contribution in [0.4, 0.5) is 0 Å². The molecule has 1 heterocycles. The maximum Gasteiger partial charge on any atom is 0.279 e. The van der Waals surface area contributed by atoms with E-state index in [1.165, 1.54) is 28.8 Å². The molecule has 142 valence electrons. The lowest BCUT2D eigenvalue weighted by Gasteiger charge is -2.12. The van der Waals surface area contributed by atoms with Gasteiger partial charge < -0.3 is 5.43 Å². The molecule has 4 rings (SSSR count). The molecule has 0 atom stereocenters. The van der Waals surface area contributed by atoms with Gasteiger partial charge in [0.2, 0.25) is 0 Å². The molecule has 0 unspecified atom stereocenters. The molecule has 1 aliphatic rings. The summed E-state index contributed by atoms with van der Waals surface area (Å²) in [5.74, 6) is -0.0635. The van der Waals surface area contributed by atoms with E-state index < -0.39 is 0 Å². The number of nitrogens with one attached hydrogen (secondary N) is 2. The van der Waals surface area contributed by atoms with Gasteiger partial charge in [-0.1, -0.05) is 60.7 Å². The van der Waals surface area contributed by atoms with Gasteiger partial charge in [0, 0.05) is 17.0 Å². The Morgan fingerprint density at radius 3 is 2.39 bits per heavy atom. The summed E-state index contributed by atoms with van der Waals surface area (Å²) in [6, 6.07) is 22.5. The van der Waals surface area contributed by atoms with E-state index in [-0.39, 0.29) is 5.91 Å². The number of hydrogen-bond donors (Lipinski definition) is 2. The summed E-state index contributed by atoms with van der Waals surface area (Å²) < 4.78 is 0. The SMILES string of the molecule is O=C(NN/C(=C\c1ccccc1)Cc1ccccc1)c1cc2c(s1)CCCC2. The Balaban J connectivity index is 1.48. The number of allylic oxidation sites excluding steroid dienone is 1. The van der Waals surface area contributed by atoms with Crippen LogP contribution in [-0.2, 0) is 19.3 Å². The Morgan fingerprint density at radius 2 is 1.64 bits per heavy atom. The van der Waals surface area contributed by atoms with Crippen molar-refractivity contribution in [3.8, 4) is 0 Å². The number of hydrazine groups is 1. The number of hydrogen-bond acceptors (Lipinski definition) is 3. The number of carbonyl (C=O) groups is 1. The van der Waals surface area contributed by atoms with Crippen molar-refractivity contribution in [2.45, 2.75) is 32.1 Å². The zero-order valence-electron chi connectivity index (χ0n) is 15.8. The molecule has 0 radical (unpaired) electrons. The summed E-state index contributed by atoms with van der Waals surface area (Å²) in [7, 11) is 0. The standard InChI is InChI=1S/C24H24N2OS/c27-24(23-17-20-13-7-8-14-22(20)28-23)26-25-21(15-18-9-3-1-4-10-18)16-19-11-5-2-6-12-19/h1-6,9-12,15,17,25H,7-8,13-14,16H2,(H,26,27)/b21-15-. The first kappa shape index (κ1) is 18.5. The molecule has 3 aromatic rings. The second-order valence-corrected chi connectivity index (χ2v) is 8.22. The lowest BCUT2D eigenvalue weighted by Crippen LogP contribution is -2.36. The van der Waals surface area contributed by atoms with Crippen LogP contribution >= 0.6 is 11.3 Å². The summed E-state index contributed by atoms with van der Waals surface area (Å²) >= 11 is 1.63. The van der Waals surface area contributed by atoms with Crippen LogP contribution in [-0.4, -0.2) is 5.91 Å². The van der Waals surface area contributed by atoms with Crippen LogP contribution in [0, 0.1) is 0 Å². The Bertz CT molecular complexity index is 937. The highest BCUT2D eigenvalue weighted by molar-refractivity contribution is 7.14. The third-order valence-electron chi connectivity index (χ3n) is 4.93. The van der Waals surface area contributed by atoms with Crippen molar-refractivity contribution >= 4 is 23.3 Å². The maximum absolute atomic E-state index is 12.7. The molecule has 0 spiro atoms. The van der Waals surface area contributed by atoms with E-state index in [1.54, 1.807) is 11.3 Å². The fourth-order valence-corrected chi connectivity index (χ4v) is 4.65. The van der Waals surface area contributed by atoms with Crippen molar-refractivity contribution in [2.75, 3.05) is 0 Å². The average Bonchev–Trinajstić information content (AvgIpc) is 3.18. The van der Waals surface area contributed by atoms with E-state index in [4.69, 9.17) is 0 Å². The minimum atomic E-state index is -0.0635. The highest BCUT2D eigenvalue weighted by atomic mass is 32.1. The molecule has 1 aliphatic carbocycles. The third kappa shape index (κ3) is 4.70. The van der Waals surface area contributed by atoms with Crippen LogP contribution in [0.25, 0.3) is 6.08 Å². The van der Waals surface area contributed by atoms with Gasteiger partial charge in [-0.3, -0.25) is 10.2 Å². The fourth-order valence-electron chi connectivity index (χ4n) is 3.50. The number of amides is 1. The number of thiophene rings is 1. The van der Waals surface area contributed by atoms with Crippen LogP contribution in [0.15, 0.2) is 72.4 Å². The van der Waals surface area contributed by atoms with Gasteiger partial charge in [-0.15, -0.1) is 11.3 Å². The molecule has 2 N–H and O–H groups in total. The highest BCUT2D eigenvalue weighted by Gasteiger charge is 2.17. The Kier molecular flexibility index (Phi) is 5.88. The number of aryl methyl sites for hydroxylation is 2. The lowest BCUT2D eigenvalue weighted by molar-refractivity contribution is 0.0942. The van der Waals surface area contributed by atoms with Gasteiger partial charge in [0.15, 0.2) is 0 Å². The number of rotatable bonds is 6. The minimum absolute atomic E-state index is 0.0635. The molecule has 0 saturated carbocycles. The van der Waals surface area contributed by atoms with Gasteiger partial charge in [-0.05, 0) is 54.5 Å². The average molecular weight is 389 g/mol. The van der Waals surface area contributed by atoms with Gasteiger partial charge in [0.25, 0.3) is 5.91 Å². The zero-order valence-corrected chi connectivity index (χ0v) is 16.6. The number of benzene rings is 2. The fraction of sp³-hybridized carbons (Fsp3) is 0.208. The molecule has 0 fully saturated rings. The van der Waals surface area contributed by atoms with Gasteiger partial charge >= 0.3 is 0 Å². The Morgan fingerprint density at radius 1 is 0.929 bits per heavy atom. The van der Waals surface area contributed by atoms with Crippen molar-refractivity contribution in [2.24, 2.45) is 0 Å². The molecule has 4 heteroatoms. The van der Waals surface area contributed by atoms with Crippen LogP contribution in [0.5, 0.6) is 0 Å². The van der Waals surface area contributed by atoms with Gasteiger partial charge in [-0.25, -0.2) is 0 Å². The number of fused-ring (bicyclic) bond motifs is 1. The molecule has 1 aromatic heterocycles. The molecule has 1 amide bonds. The summed E-state index contributed by atoms with van der Waals surface area (Å²) in [6.07, 6.45) is 7.45. The smallest absolute Gasteiger partial charge is 0.279 e. The van der Waals surface area contributed by atoms with E-state index >= 15 is 0 Å². The molecule has 3 nitrogen and oxygen atoms in total. The zero-order chi connectivity index (χ0) is 19.2. The first-order valence-electron chi connectivity index (χ1n) is 9.75. The summed E-state index contributed by atoms with van der Waals surface area (Å²) in [5, 5.41) is 0.